The molecule has 1 saturated heterocycles. The average Bonchev–Trinajstić information content (AvgIpc) is 2.12. The van der Waals surface area contributed by atoms with E-state index >= 15 is 0 Å². The second kappa shape index (κ2) is 4.19. The van der Waals surface area contributed by atoms with Gasteiger partial charge in [0.2, 0.25) is 0 Å². The van der Waals surface area contributed by atoms with Gasteiger partial charge in [-0.3, -0.25) is 0 Å². The molecule has 2 aliphatic rings. The van der Waals surface area contributed by atoms with Gasteiger partial charge in [-0.05, 0) is 39.0 Å². The van der Waals surface area contributed by atoms with Gasteiger partial charge in [-0.1, -0.05) is 13.3 Å². The summed E-state index contributed by atoms with van der Waals surface area (Å²) in [5, 5.41) is 3.76. The Morgan fingerprint density at radius 1 is 1.29 bits per heavy atom. The smallest absolute Gasteiger partial charge is 0.0666 e. The van der Waals surface area contributed by atoms with E-state index < -0.39 is 0 Å². The van der Waals surface area contributed by atoms with Gasteiger partial charge in [0.25, 0.3) is 0 Å². The fourth-order valence-electron chi connectivity index (χ4n) is 2.43. The SMILES string of the molecule is CCC1(C)CC(NC2CCC2)CCO1. The fraction of sp³-hybridized carbons (Fsp3) is 1.00. The molecule has 1 saturated carbocycles. The lowest BCUT2D eigenvalue weighted by Gasteiger charge is -2.41. The minimum Gasteiger partial charge on any atom is -0.375 e. The van der Waals surface area contributed by atoms with Gasteiger partial charge >= 0.3 is 0 Å². The van der Waals surface area contributed by atoms with Crippen molar-refractivity contribution in [3.05, 3.63) is 0 Å². The molecule has 0 bridgehead atoms. The minimum absolute atomic E-state index is 0.139. The molecule has 0 radical (unpaired) electrons. The van der Waals surface area contributed by atoms with Crippen LogP contribution >= 0.6 is 0 Å². The number of hydrogen-bond donors (Lipinski definition) is 1. The molecule has 0 aromatic carbocycles. The molecule has 2 atom stereocenters. The lowest BCUT2D eigenvalue weighted by molar-refractivity contribution is -0.0800. The Kier molecular flexibility index (Phi) is 3.13. The first kappa shape index (κ1) is 10.4. The van der Waals surface area contributed by atoms with Crippen LogP contribution in [0, 0.1) is 0 Å². The quantitative estimate of drug-likeness (QED) is 0.750. The summed E-state index contributed by atoms with van der Waals surface area (Å²) in [5.41, 5.74) is 0.139. The lowest BCUT2D eigenvalue weighted by Crippen LogP contribution is -2.49. The molecule has 1 aliphatic carbocycles. The van der Waals surface area contributed by atoms with E-state index in [9.17, 15) is 0 Å². The van der Waals surface area contributed by atoms with Crippen LogP contribution in [-0.4, -0.2) is 24.3 Å². The molecule has 1 aliphatic heterocycles. The van der Waals surface area contributed by atoms with Gasteiger partial charge < -0.3 is 10.1 Å². The van der Waals surface area contributed by atoms with E-state index in [0.29, 0.717) is 6.04 Å². The second-order valence-corrected chi connectivity index (χ2v) is 5.14. The molecule has 0 aromatic rings. The summed E-state index contributed by atoms with van der Waals surface area (Å²) in [4.78, 5) is 0. The molecule has 14 heavy (non-hydrogen) atoms. The summed E-state index contributed by atoms with van der Waals surface area (Å²) in [6.07, 6.45) is 7.73. The monoisotopic (exact) mass is 197 g/mol. The Morgan fingerprint density at radius 3 is 2.64 bits per heavy atom. The van der Waals surface area contributed by atoms with Gasteiger partial charge in [0, 0.05) is 18.7 Å². The normalized spacial score (nSPS) is 39.4. The standard InChI is InChI=1S/C12H23NO/c1-3-12(2)9-11(7-8-14-12)13-10-5-4-6-10/h10-11,13H,3-9H2,1-2H3. The third-order valence-electron chi connectivity index (χ3n) is 3.92. The molecule has 2 fully saturated rings. The van der Waals surface area contributed by atoms with Gasteiger partial charge in [0.05, 0.1) is 5.60 Å². The highest BCUT2D eigenvalue weighted by Gasteiger charge is 2.33. The highest BCUT2D eigenvalue weighted by molar-refractivity contribution is 4.89. The zero-order valence-corrected chi connectivity index (χ0v) is 9.51. The maximum absolute atomic E-state index is 5.84. The largest absolute Gasteiger partial charge is 0.375 e. The molecule has 1 heterocycles. The Labute approximate surface area is 87.4 Å². The van der Waals surface area contributed by atoms with Gasteiger partial charge in [-0.25, -0.2) is 0 Å². The molecular weight excluding hydrogens is 174 g/mol. The van der Waals surface area contributed by atoms with Crippen molar-refractivity contribution in [2.45, 2.75) is 70.1 Å². The van der Waals surface area contributed by atoms with Crippen LogP contribution in [0.2, 0.25) is 0 Å². The van der Waals surface area contributed by atoms with Crippen LogP contribution < -0.4 is 5.32 Å². The number of ether oxygens (including phenoxy) is 1. The van der Waals surface area contributed by atoms with Gasteiger partial charge in [0.1, 0.15) is 0 Å². The van der Waals surface area contributed by atoms with Crippen LogP contribution in [-0.2, 0) is 4.74 Å². The predicted molar refractivity (Wildman–Crippen MR) is 58.4 cm³/mol. The first-order chi connectivity index (χ1) is 6.72. The van der Waals surface area contributed by atoms with E-state index in [0.717, 1.165) is 19.1 Å². The molecule has 0 spiro atoms. The lowest BCUT2D eigenvalue weighted by atomic mass is 9.87. The molecule has 1 N–H and O–H groups in total. The molecule has 2 nitrogen and oxygen atoms in total. The van der Waals surface area contributed by atoms with E-state index in [1.54, 1.807) is 0 Å². The van der Waals surface area contributed by atoms with E-state index in [2.05, 4.69) is 19.2 Å². The van der Waals surface area contributed by atoms with Gasteiger partial charge in [0.15, 0.2) is 0 Å². The van der Waals surface area contributed by atoms with Crippen molar-refractivity contribution in [3.63, 3.8) is 0 Å². The zero-order chi connectivity index (χ0) is 10.0. The number of nitrogens with one attached hydrogen (secondary N) is 1. The van der Waals surface area contributed by atoms with E-state index in [1.807, 2.05) is 0 Å². The van der Waals surface area contributed by atoms with Crippen LogP contribution in [0.4, 0.5) is 0 Å². The van der Waals surface area contributed by atoms with Gasteiger partial charge in [-0.15, -0.1) is 0 Å². The first-order valence-corrected chi connectivity index (χ1v) is 6.12. The van der Waals surface area contributed by atoms with E-state index in [1.165, 1.54) is 32.1 Å². The van der Waals surface area contributed by atoms with Crippen LogP contribution in [0.5, 0.6) is 0 Å². The highest BCUT2D eigenvalue weighted by atomic mass is 16.5. The maximum atomic E-state index is 5.84. The van der Waals surface area contributed by atoms with Crippen molar-refractivity contribution >= 4 is 0 Å². The van der Waals surface area contributed by atoms with Crippen LogP contribution in [0.25, 0.3) is 0 Å². The van der Waals surface area contributed by atoms with E-state index in [-0.39, 0.29) is 5.60 Å². The van der Waals surface area contributed by atoms with Crippen LogP contribution in [0.15, 0.2) is 0 Å². The van der Waals surface area contributed by atoms with Gasteiger partial charge in [-0.2, -0.15) is 0 Å². The van der Waals surface area contributed by atoms with Crippen molar-refractivity contribution in [2.24, 2.45) is 0 Å². The molecule has 2 rings (SSSR count). The van der Waals surface area contributed by atoms with Crippen LogP contribution in [0.3, 0.4) is 0 Å². The number of rotatable bonds is 3. The molecule has 0 amide bonds. The van der Waals surface area contributed by atoms with Crippen molar-refractivity contribution in [1.29, 1.82) is 0 Å². The Hall–Kier alpha value is -0.0800. The predicted octanol–water partition coefficient (Wildman–Crippen LogP) is 2.48. The molecule has 82 valence electrons. The highest BCUT2D eigenvalue weighted by Crippen LogP contribution is 2.29. The zero-order valence-electron chi connectivity index (χ0n) is 9.51. The fourth-order valence-corrected chi connectivity index (χ4v) is 2.43. The maximum Gasteiger partial charge on any atom is 0.0666 e. The first-order valence-electron chi connectivity index (χ1n) is 6.12. The summed E-state index contributed by atoms with van der Waals surface area (Å²) in [6, 6.07) is 1.53. The minimum atomic E-state index is 0.139. The van der Waals surface area contributed by atoms with Crippen molar-refractivity contribution in [2.75, 3.05) is 6.61 Å². The Morgan fingerprint density at radius 2 is 2.07 bits per heavy atom. The summed E-state index contributed by atoms with van der Waals surface area (Å²) in [5.74, 6) is 0. The molecule has 2 unspecified atom stereocenters. The topological polar surface area (TPSA) is 21.3 Å². The number of hydrogen-bond acceptors (Lipinski definition) is 2. The van der Waals surface area contributed by atoms with Crippen molar-refractivity contribution in [1.82, 2.24) is 5.32 Å². The van der Waals surface area contributed by atoms with Crippen LogP contribution in [0.1, 0.15) is 52.4 Å². The molecule has 2 heteroatoms. The summed E-state index contributed by atoms with van der Waals surface area (Å²) < 4.78 is 5.84. The third-order valence-corrected chi connectivity index (χ3v) is 3.92. The summed E-state index contributed by atoms with van der Waals surface area (Å²) >= 11 is 0. The second-order valence-electron chi connectivity index (χ2n) is 5.14. The Balaban J connectivity index is 1.80. The van der Waals surface area contributed by atoms with Crippen molar-refractivity contribution in [3.8, 4) is 0 Å². The van der Waals surface area contributed by atoms with Crippen molar-refractivity contribution < 1.29 is 4.74 Å². The average molecular weight is 197 g/mol. The molecule has 0 aromatic heterocycles. The molecular formula is C12H23NO. The summed E-state index contributed by atoms with van der Waals surface area (Å²) in [7, 11) is 0. The third kappa shape index (κ3) is 2.29. The summed E-state index contributed by atoms with van der Waals surface area (Å²) in [6.45, 7) is 5.42. The Bertz CT molecular complexity index is 191. The van der Waals surface area contributed by atoms with E-state index in [4.69, 9.17) is 4.74 Å².